The average Bonchev–Trinajstić information content (AvgIpc) is 2.09. The molecule has 0 aliphatic heterocycles. The summed E-state index contributed by atoms with van der Waals surface area (Å²) in [7, 11) is 0. The summed E-state index contributed by atoms with van der Waals surface area (Å²) in [4.78, 5) is 22.2. The van der Waals surface area contributed by atoms with Crippen molar-refractivity contribution in [2.45, 2.75) is 52.7 Å². The maximum atomic E-state index is 11.4. The van der Waals surface area contributed by atoms with E-state index in [1.807, 2.05) is 6.92 Å². The molecule has 0 aromatic heterocycles. The van der Waals surface area contributed by atoms with E-state index >= 15 is 0 Å². The van der Waals surface area contributed by atoms with Crippen molar-refractivity contribution in [3.05, 3.63) is 0 Å². The number of ether oxygens (including phenoxy) is 1. The Hall–Kier alpha value is -1.26. The van der Waals surface area contributed by atoms with Crippen molar-refractivity contribution in [3.63, 3.8) is 0 Å². The first-order chi connectivity index (χ1) is 7.17. The molecule has 5 nitrogen and oxygen atoms in total. The number of carbonyl (C=O) groups is 2. The number of amides is 1. The largest absolute Gasteiger partial charge is 0.481 e. The third-order valence-electron chi connectivity index (χ3n) is 2.14. The molecule has 0 aromatic carbocycles. The highest BCUT2D eigenvalue weighted by molar-refractivity contribution is 5.73. The van der Waals surface area contributed by atoms with Crippen LogP contribution in [0.3, 0.4) is 0 Å². The van der Waals surface area contributed by atoms with Gasteiger partial charge >= 0.3 is 12.1 Å². The van der Waals surface area contributed by atoms with Crippen molar-refractivity contribution in [2.75, 3.05) is 0 Å². The molecule has 0 saturated carbocycles. The molecule has 0 heterocycles. The molecule has 5 heteroatoms. The van der Waals surface area contributed by atoms with E-state index in [2.05, 4.69) is 5.32 Å². The summed E-state index contributed by atoms with van der Waals surface area (Å²) >= 11 is 0. The molecular weight excluding hydrogens is 210 g/mol. The van der Waals surface area contributed by atoms with Crippen LogP contribution < -0.4 is 5.32 Å². The van der Waals surface area contributed by atoms with Gasteiger partial charge in [0, 0.05) is 6.04 Å². The van der Waals surface area contributed by atoms with Crippen molar-refractivity contribution in [2.24, 2.45) is 5.92 Å². The first-order valence-corrected chi connectivity index (χ1v) is 5.39. The van der Waals surface area contributed by atoms with Crippen molar-refractivity contribution in [1.29, 1.82) is 0 Å². The smallest absolute Gasteiger partial charge is 0.407 e. The molecule has 0 unspecified atom stereocenters. The number of carboxylic acids is 1. The summed E-state index contributed by atoms with van der Waals surface area (Å²) in [6, 6.07) is -0.410. The number of rotatable bonds is 4. The van der Waals surface area contributed by atoms with Gasteiger partial charge in [-0.05, 0) is 34.1 Å². The third-order valence-corrected chi connectivity index (χ3v) is 2.14. The maximum absolute atomic E-state index is 11.4. The Morgan fingerprint density at radius 2 is 1.88 bits per heavy atom. The number of hydrogen-bond donors (Lipinski definition) is 2. The topological polar surface area (TPSA) is 75.6 Å². The second kappa shape index (κ2) is 5.72. The van der Waals surface area contributed by atoms with Crippen molar-refractivity contribution >= 4 is 12.1 Å². The van der Waals surface area contributed by atoms with Crippen molar-refractivity contribution < 1.29 is 19.4 Å². The fourth-order valence-electron chi connectivity index (χ4n) is 1.21. The predicted octanol–water partition coefficient (Wildman–Crippen LogP) is 2.01. The Kier molecular flexibility index (Phi) is 5.27. The van der Waals surface area contributed by atoms with Crippen LogP contribution in [0.25, 0.3) is 0 Å². The van der Waals surface area contributed by atoms with E-state index in [0.29, 0.717) is 6.42 Å². The molecule has 0 radical (unpaired) electrons. The molecule has 0 fully saturated rings. The molecule has 0 aromatic rings. The Bertz CT molecular complexity index is 257. The molecule has 94 valence electrons. The highest BCUT2D eigenvalue weighted by Crippen LogP contribution is 2.10. The summed E-state index contributed by atoms with van der Waals surface area (Å²) in [5.41, 5.74) is -0.575. The summed E-state index contributed by atoms with van der Waals surface area (Å²) in [6.45, 7) is 8.66. The van der Waals surface area contributed by atoms with E-state index in [-0.39, 0.29) is 0 Å². The molecule has 16 heavy (non-hydrogen) atoms. The lowest BCUT2D eigenvalue weighted by molar-refractivity contribution is -0.142. The Morgan fingerprint density at radius 1 is 1.38 bits per heavy atom. The van der Waals surface area contributed by atoms with Crippen LogP contribution in [-0.4, -0.2) is 28.8 Å². The van der Waals surface area contributed by atoms with Gasteiger partial charge in [-0.2, -0.15) is 0 Å². The van der Waals surface area contributed by atoms with Gasteiger partial charge in [-0.15, -0.1) is 0 Å². The minimum absolute atomic E-state index is 0.410. The molecule has 0 spiro atoms. The van der Waals surface area contributed by atoms with Gasteiger partial charge in [0.2, 0.25) is 0 Å². The SMILES string of the molecule is CC[C@@H](NC(=O)OC(C)(C)C)[C@H](C)C(=O)O. The summed E-state index contributed by atoms with van der Waals surface area (Å²) in [5, 5.41) is 11.4. The molecule has 0 saturated heterocycles. The Morgan fingerprint density at radius 3 is 2.19 bits per heavy atom. The van der Waals surface area contributed by atoms with Crippen LogP contribution in [0.5, 0.6) is 0 Å². The van der Waals surface area contributed by atoms with Crippen LogP contribution in [0.2, 0.25) is 0 Å². The standard InChI is InChI=1S/C11H21NO4/c1-6-8(7(2)9(13)14)12-10(15)16-11(3,4)5/h7-8H,6H2,1-5H3,(H,12,15)(H,13,14)/t7-,8+/m0/s1. The van der Waals surface area contributed by atoms with Gasteiger partial charge in [0.05, 0.1) is 5.92 Å². The molecule has 0 bridgehead atoms. The molecule has 2 atom stereocenters. The molecule has 1 amide bonds. The van der Waals surface area contributed by atoms with Gasteiger partial charge in [-0.3, -0.25) is 4.79 Å². The first kappa shape index (κ1) is 14.7. The zero-order valence-electron chi connectivity index (χ0n) is 10.5. The summed E-state index contributed by atoms with van der Waals surface area (Å²) in [6.07, 6.45) is -0.0281. The predicted molar refractivity (Wildman–Crippen MR) is 60.2 cm³/mol. The van der Waals surface area contributed by atoms with Crippen LogP contribution in [0.1, 0.15) is 41.0 Å². The molecular formula is C11H21NO4. The van der Waals surface area contributed by atoms with Crippen LogP contribution in [-0.2, 0) is 9.53 Å². The number of carbonyl (C=O) groups excluding carboxylic acids is 1. The van der Waals surface area contributed by atoms with Crippen LogP contribution >= 0.6 is 0 Å². The minimum atomic E-state index is -0.928. The zero-order chi connectivity index (χ0) is 12.9. The van der Waals surface area contributed by atoms with Gasteiger partial charge in [0.1, 0.15) is 5.60 Å². The molecule has 0 aliphatic carbocycles. The lowest BCUT2D eigenvalue weighted by Gasteiger charge is -2.24. The minimum Gasteiger partial charge on any atom is -0.481 e. The van der Waals surface area contributed by atoms with Crippen LogP contribution in [0, 0.1) is 5.92 Å². The normalized spacial score (nSPS) is 15.1. The van der Waals surface area contributed by atoms with Gasteiger partial charge in [0.25, 0.3) is 0 Å². The molecule has 2 N–H and O–H groups in total. The number of alkyl carbamates (subject to hydrolysis) is 1. The van der Waals surface area contributed by atoms with Gasteiger partial charge in [0.15, 0.2) is 0 Å². The van der Waals surface area contributed by atoms with Crippen molar-refractivity contribution in [3.8, 4) is 0 Å². The zero-order valence-corrected chi connectivity index (χ0v) is 10.5. The van der Waals surface area contributed by atoms with Crippen LogP contribution in [0.15, 0.2) is 0 Å². The average molecular weight is 231 g/mol. The first-order valence-electron chi connectivity index (χ1n) is 5.39. The van der Waals surface area contributed by atoms with Gasteiger partial charge < -0.3 is 15.2 Å². The van der Waals surface area contributed by atoms with E-state index in [4.69, 9.17) is 9.84 Å². The van der Waals surface area contributed by atoms with E-state index in [0.717, 1.165) is 0 Å². The van der Waals surface area contributed by atoms with Gasteiger partial charge in [-0.1, -0.05) is 6.92 Å². The number of carboxylic acid groups (broad SMARTS) is 1. The highest BCUT2D eigenvalue weighted by atomic mass is 16.6. The second-order valence-electron chi connectivity index (χ2n) is 4.79. The number of hydrogen-bond acceptors (Lipinski definition) is 3. The van der Waals surface area contributed by atoms with E-state index in [9.17, 15) is 9.59 Å². The highest BCUT2D eigenvalue weighted by Gasteiger charge is 2.25. The van der Waals surface area contributed by atoms with Crippen molar-refractivity contribution in [1.82, 2.24) is 5.32 Å². The fraction of sp³-hybridized carbons (Fsp3) is 0.818. The second-order valence-corrected chi connectivity index (χ2v) is 4.79. The fourth-order valence-corrected chi connectivity index (χ4v) is 1.21. The number of aliphatic carboxylic acids is 1. The quantitative estimate of drug-likeness (QED) is 0.776. The van der Waals surface area contributed by atoms with Gasteiger partial charge in [-0.25, -0.2) is 4.79 Å². The number of nitrogens with one attached hydrogen (secondary N) is 1. The lowest BCUT2D eigenvalue weighted by atomic mass is 10.0. The third kappa shape index (κ3) is 5.58. The summed E-state index contributed by atoms with van der Waals surface area (Å²) < 4.78 is 5.06. The van der Waals surface area contributed by atoms with E-state index in [1.54, 1.807) is 27.7 Å². The molecule has 0 aliphatic rings. The van der Waals surface area contributed by atoms with E-state index in [1.165, 1.54) is 0 Å². The Balaban J connectivity index is 4.33. The van der Waals surface area contributed by atoms with E-state index < -0.39 is 29.6 Å². The van der Waals surface area contributed by atoms with Crippen LogP contribution in [0.4, 0.5) is 4.79 Å². The summed E-state index contributed by atoms with van der Waals surface area (Å²) in [5.74, 6) is -1.56. The molecule has 0 rings (SSSR count). The Labute approximate surface area is 96.2 Å². The monoisotopic (exact) mass is 231 g/mol. The lowest BCUT2D eigenvalue weighted by Crippen LogP contribution is -2.44. The maximum Gasteiger partial charge on any atom is 0.407 e.